The molecule has 1 N–H and O–H groups in total. The van der Waals surface area contributed by atoms with Gasteiger partial charge >= 0.3 is 0 Å². The van der Waals surface area contributed by atoms with E-state index in [9.17, 15) is 8.42 Å². The highest BCUT2D eigenvalue weighted by Gasteiger charge is 2.27. The zero-order valence-corrected chi connectivity index (χ0v) is 11.9. The van der Waals surface area contributed by atoms with Crippen LogP contribution in [0.5, 0.6) is 0 Å². The predicted octanol–water partition coefficient (Wildman–Crippen LogP) is 1.21. The van der Waals surface area contributed by atoms with E-state index < -0.39 is 9.84 Å². The molecule has 102 valence electrons. The van der Waals surface area contributed by atoms with Gasteiger partial charge in [-0.15, -0.1) is 0 Å². The van der Waals surface area contributed by atoms with E-state index in [2.05, 4.69) is 19.2 Å². The average molecular weight is 263 g/mol. The maximum atomic E-state index is 11.6. The van der Waals surface area contributed by atoms with Crippen molar-refractivity contribution < 1.29 is 13.2 Å². The largest absolute Gasteiger partial charge is 0.380 e. The maximum Gasteiger partial charge on any atom is 0.151 e. The second-order valence-corrected chi connectivity index (χ2v) is 7.36. The van der Waals surface area contributed by atoms with Gasteiger partial charge in [0.15, 0.2) is 9.84 Å². The Bertz CT molecular complexity index is 314. The van der Waals surface area contributed by atoms with Crippen LogP contribution in [0.1, 0.15) is 33.6 Å². The first-order valence-corrected chi connectivity index (χ1v) is 8.31. The third-order valence-electron chi connectivity index (χ3n) is 3.22. The molecule has 0 saturated carbocycles. The number of hydrogen-bond donors (Lipinski definition) is 1. The summed E-state index contributed by atoms with van der Waals surface area (Å²) >= 11 is 0. The molecule has 1 fully saturated rings. The Kier molecular flexibility index (Phi) is 5.89. The van der Waals surface area contributed by atoms with E-state index in [1.165, 1.54) is 0 Å². The molecular formula is C12H25NO3S. The predicted molar refractivity (Wildman–Crippen MR) is 69.9 cm³/mol. The molecule has 2 unspecified atom stereocenters. The Morgan fingerprint density at radius 1 is 1.41 bits per heavy atom. The molecule has 0 aromatic rings. The molecule has 0 spiro atoms. The Hall–Kier alpha value is -0.130. The molecule has 5 heteroatoms. The molecule has 0 aliphatic carbocycles. The summed E-state index contributed by atoms with van der Waals surface area (Å²) in [5.74, 6) is 1.08. The van der Waals surface area contributed by atoms with Crippen molar-refractivity contribution >= 4 is 9.84 Å². The minimum atomic E-state index is -2.83. The second-order valence-electron chi connectivity index (χ2n) is 5.13. The van der Waals surface area contributed by atoms with Crippen LogP contribution < -0.4 is 5.32 Å². The van der Waals surface area contributed by atoms with E-state index >= 15 is 0 Å². The monoisotopic (exact) mass is 263 g/mol. The Morgan fingerprint density at radius 3 is 2.65 bits per heavy atom. The van der Waals surface area contributed by atoms with Crippen LogP contribution in [0.3, 0.4) is 0 Å². The van der Waals surface area contributed by atoms with Gasteiger partial charge in [-0.05, 0) is 25.7 Å². The van der Waals surface area contributed by atoms with Gasteiger partial charge in [-0.3, -0.25) is 0 Å². The lowest BCUT2D eigenvalue weighted by Crippen LogP contribution is -2.49. The smallest absolute Gasteiger partial charge is 0.151 e. The molecule has 4 nitrogen and oxygen atoms in total. The number of nitrogens with one attached hydrogen (secondary N) is 1. The summed E-state index contributed by atoms with van der Waals surface area (Å²) in [5.41, 5.74) is 0. The molecule has 1 aliphatic heterocycles. The SMILES string of the molecule is CCOCC(NC1CCCS(=O)(=O)C1)C(C)C. The molecule has 2 atom stereocenters. The molecule has 1 heterocycles. The van der Waals surface area contributed by atoms with Crippen molar-refractivity contribution in [3.63, 3.8) is 0 Å². The molecule has 0 bridgehead atoms. The summed E-state index contributed by atoms with van der Waals surface area (Å²) in [7, 11) is -2.83. The standard InChI is InChI=1S/C12H25NO3S/c1-4-16-8-12(10(2)3)13-11-6-5-7-17(14,15)9-11/h10-13H,4-9H2,1-3H3. The lowest BCUT2D eigenvalue weighted by atomic mass is 10.0. The minimum absolute atomic E-state index is 0.0987. The zero-order chi connectivity index (χ0) is 12.9. The van der Waals surface area contributed by atoms with Crippen LogP contribution in [0.2, 0.25) is 0 Å². The van der Waals surface area contributed by atoms with Gasteiger partial charge in [0.05, 0.1) is 18.1 Å². The van der Waals surface area contributed by atoms with E-state index in [0.717, 1.165) is 12.8 Å². The Morgan fingerprint density at radius 2 is 2.12 bits per heavy atom. The molecule has 1 aliphatic rings. The molecule has 0 aromatic carbocycles. The van der Waals surface area contributed by atoms with E-state index in [1.54, 1.807) is 0 Å². The summed E-state index contributed by atoms with van der Waals surface area (Å²) < 4.78 is 28.5. The van der Waals surface area contributed by atoms with Crippen LogP contribution in [-0.2, 0) is 14.6 Å². The summed E-state index contributed by atoms with van der Waals surface area (Å²) in [6.07, 6.45) is 1.73. The maximum absolute atomic E-state index is 11.6. The van der Waals surface area contributed by atoms with Crippen LogP contribution >= 0.6 is 0 Å². The topological polar surface area (TPSA) is 55.4 Å². The van der Waals surface area contributed by atoms with Crippen LogP contribution in [0.15, 0.2) is 0 Å². The third kappa shape index (κ3) is 5.36. The van der Waals surface area contributed by atoms with Gasteiger partial charge < -0.3 is 10.1 Å². The van der Waals surface area contributed by atoms with Crippen molar-refractivity contribution in [1.82, 2.24) is 5.32 Å². The zero-order valence-electron chi connectivity index (χ0n) is 11.1. The molecule has 17 heavy (non-hydrogen) atoms. The number of ether oxygens (including phenoxy) is 1. The van der Waals surface area contributed by atoms with Crippen LogP contribution in [0.4, 0.5) is 0 Å². The lowest BCUT2D eigenvalue weighted by Gasteiger charge is -2.30. The highest BCUT2D eigenvalue weighted by Crippen LogP contribution is 2.14. The first-order valence-electron chi connectivity index (χ1n) is 6.49. The van der Waals surface area contributed by atoms with Gasteiger partial charge in [-0.25, -0.2) is 8.42 Å². The van der Waals surface area contributed by atoms with Crippen molar-refractivity contribution in [2.45, 2.75) is 45.7 Å². The number of sulfone groups is 1. The summed E-state index contributed by atoms with van der Waals surface area (Å²) in [6.45, 7) is 7.60. The van der Waals surface area contributed by atoms with E-state index in [0.29, 0.717) is 24.9 Å². The quantitative estimate of drug-likeness (QED) is 0.783. The van der Waals surface area contributed by atoms with Crippen molar-refractivity contribution in [2.24, 2.45) is 5.92 Å². The van der Waals surface area contributed by atoms with Gasteiger partial charge in [0.2, 0.25) is 0 Å². The molecule has 0 aromatic heterocycles. The summed E-state index contributed by atoms with van der Waals surface area (Å²) in [4.78, 5) is 0. The van der Waals surface area contributed by atoms with Gasteiger partial charge in [0.1, 0.15) is 0 Å². The van der Waals surface area contributed by atoms with E-state index in [1.807, 2.05) is 6.92 Å². The lowest BCUT2D eigenvalue weighted by molar-refractivity contribution is 0.103. The second kappa shape index (κ2) is 6.71. The van der Waals surface area contributed by atoms with Gasteiger partial charge in [0.25, 0.3) is 0 Å². The van der Waals surface area contributed by atoms with E-state index in [4.69, 9.17) is 4.74 Å². The first kappa shape index (κ1) is 14.9. The molecule has 0 amide bonds. The third-order valence-corrected chi connectivity index (χ3v) is 5.04. The van der Waals surface area contributed by atoms with E-state index in [-0.39, 0.29) is 17.8 Å². The van der Waals surface area contributed by atoms with Gasteiger partial charge in [0, 0.05) is 18.7 Å². The van der Waals surface area contributed by atoms with Gasteiger partial charge in [-0.2, -0.15) is 0 Å². The molecule has 0 radical (unpaired) electrons. The van der Waals surface area contributed by atoms with Crippen molar-refractivity contribution in [1.29, 1.82) is 0 Å². The fraction of sp³-hybridized carbons (Fsp3) is 1.00. The highest BCUT2D eigenvalue weighted by molar-refractivity contribution is 7.91. The Labute approximate surface area is 105 Å². The fourth-order valence-corrected chi connectivity index (χ4v) is 3.78. The highest BCUT2D eigenvalue weighted by atomic mass is 32.2. The van der Waals surface area contributed by atoms with Crippen LogP contribution in [-0.4, -0.2) is 45.2 Å². The van der Waals surface area contributed by atoms with Crippen molar-refractivity contribution in [2.75, 3.05) is 24.7 Å². The summed E-state index contributed by atoms with van der Waals surface area (Å²) in [5, 5.41) is 3.44. The minimum Gasteiger partial charge on any atom is -0.380 e. The van der Waals surface area contributed by atoms with Crippen LogP contribution in [0, 0.1) is 5.92 Å². The van der Waals surface area contributed by atoms with Gasteiger partial charge in [-0.1, -0.05) is 13.8 Å². The Balaban J connectivity index is 2.48. The van der Waals surface area contributed by atoms with Crippen molar-refractivity contribution in [3.05, 3.63) is 0 Å². The molecule has 1 saturated heterocycles. The molecular weight excluding hydrogens is 238 g/mol. The first-order chi connectivity index (χ1) is 7.94. The fourth-order valence-electron chi connectivity index (χ4n) is 2.13. The number of rotatable bonds is 6. The average Bonchev–Trinajstić information content (AvgIpc) is 2.22. The summed E-state index contributed by atoms with van der Waals surface area (Å²) in [6, 6.07) is 0.342. The number of hydrogen-bond acceptors (Lipinski definition) is 4. The molecule has 1 rings (SSSR count). The normalized spacial score (nSPS) is 26.0. The van der Waals surface area contributed by atoms with Crippen molar-refractivity contribution in [3.8, 4) is 0 Å². The van der Waals surface area contributed by atoms with Crippen LogP contribution in [0.25, 0.3) is 0 Å².